The molecule has 0 aliphatic rings. The Bertz CT molecular complexity index is 2500. The minimum atomic E-state index is -0.623. The van der Waals surface area contributed by atoms with Crippen LogP contribution in [0.3, 0.4) is 0 Å². The first-order valence-corrected chi connectivity index (χ1v) is 16.7. The molecule has 4 aromatic heterocycles. The van der Waals surface area contributed by atoms with Crippen LogP contribution in [0.5, 0.6) is 0 Å². The second-order valence-electron chi connectivity index (χ2n) is 11.0. The summed E-state index contributed by atoms with van der Waals surface area (Å²) >= 11 is 11.8. The maximum Gasteiger partial charge on any atom is 0.342 e. The molecule has 2 aromatic carbocycles. The number of hydrogen-bond donors (Lipinski definition) is 4. The molecule has 6 N–H and O–H groups in total. The fourth-order valence-corrected chi connectivity index (χ4v) is 5.33. The molecule has 0 spiro atoms. The smallest absolute Gasteiger partial charge is 0.342 e. The average Bonchev–Trinajstić information content (AvgIpc) is 3.82. The minimum Gasteiger partial charge on any atom is -0.462 e. The molecule has 2 amide bonds. The van der Waals surface area contributed by atoms with Gasteiger partial charge in [0, 0.05) is 29.4 Å². The number of halogens is 2. The number of rotatable bonds is 9. The van der Waals surface area contributed by atoms with Crippen LogP contribution in [0.4, 0.5) is 0 Å². The molecule has 0 aliphatic heterocycles. The van der Waals surface area contributed by atoms with Gasteiger partial charge in [0.05, 0.1) is 64.8 Å². The van der Waals surface area contributed by atoms with Gasteiger partial charge in [-0.2, -0.15) is 20.7 Å². The van der Waals surface area contributed by atoms with Gasteiger partial charge in [0.2, 0.25) is 0 Å². The lowest BCUT2D eigenvalue weighted by molar-refractivity contribution is 0.0516. The van der Waals surface area contributed by atoms with Crippen LogP contribution in [0.15, 0.2) is 61.2 Å². The monoisotopic (exact) mass is 784 g/mol. The number of ether oxygens (including phenoxy) is 2. The second kappa shape index (κ2) is 18.7. The van der Waals surface area contributed by atoms with Crippen molar-refractivity contribution >= 4 is 68.8 Å². The van der Waals surface area contributed by atoms with Crippen molar-refractivity contribution in [2.45, 2.75) is 27.0 Å². The van der Waals surface area contributed by atoms with E-state index in [9.17, 15) is 24.4 Å². The van der Waals surface area contributed by atoms with Crippen LogP contribution in [-0.2, 0) is 22.6 Å². The van der Waals surface area contributed by atoms with Crippen LogP contribution in [0.25, 0.3) is 21.8 Å². The SMILES string of the molecule is CCOC(=O)c1cn(Cc2cc(C(N)=O)c3ncc(Cl)cc3c2)nc1C#N.CCOC(=O)c1cn[nH]c1C#N.NC(=O)c1cc(CO)cc2cc(Cl)cnc12. The summed E-state index contributed by atoms with van der Waals surface area (Å²) in [5.74, 6) is -2.34. The Morgan fingerprint density at radius 2 is 1.31 bits per heavy atom. The maximum atomic E-state index is 11.9. The van der Waals surface area contributed by atoms with Gasteiger partial charge in [0.25, 0.3) is 11.8 Å². The number of pyridine rings is 2. The van der Waals surface area contributed by atoms with Gasteiger partial charge in [-0.3, -0.25) is 29.3 Å². The van der Waals surface area contributed by atoms with Crippen LogP contribution in [-0.4, -0.2) is 72.0 Å². The van der Waals surface area contributed by atoms with E-state index in [0.717, 1.165) is 0 Å². The van der Waals surface area contributed by atoms with E-state index in [4.69, 9.17) is 49.8 Å². The molecule has 55 heavy (non-hydrogen) atoms. The normalized spacial score (nSPS) is 10.2. The number of aliphatic hydroxyl groups excluding tert-OH is 1. The number of carbonyl (C=O) groups is 4. The molecule has 6 rings (SSSR count). The highest BCUT2D eigenvalue weighted by atomic mass is 35.5. The second-order valence-corrected chi connectivity index (χ2v) is 11.9. The highest BCUT2D eigenvalue weighted by molar-refractivity contribution is 6.31. The summed E-state index contributed by atoms with van der Waals surface area (Å²) in [6.45, 7) is 3.89. The molecule has 17 nitrogen and oxygen atoms in total. The zero-order valence-electron chi connectivity index (χ0n) is 29.0. The summed E-state index contributed by atoms with van der Waals surface area (Å²) in [7, 11) is 0. The lowest BCUT2D eigenvalue weighted by Gasteiger charge is -2.08. The van der Waals surface area contributed by atoms with Crippen molar-refractivity contribution in [3.8, 4) is 12.1 Å². The first kappa shape index (κ1) is 40.8. The zero-order valence-corrected chi connectivity index (χ0v) is 30.6. The number of aliphatic hydroxyl groups is 1. The fraction of sp³-hybridized carbons (Fsp3) is 0.167. The largest absolute Gasteiger partial charge is 0.462 e. The Balaban J connectivity index is 0.000000203. The van der Waals surface area contributed by atoms with Crippen LogP contribution in [0, 0.1) is 22.7 Å². The number of aromatic nitrogens is 6. The Kier molecular flexibility index (Phi) is 13.9. The van der Waals surface area contributed by atoms with Crippen LogP contribution in [0.1, 0.15) is 77.8 Å². The summed E-state index contributed by atoms with van der Waals surface area (Å²) in [5, 5.41) is 39.0. The number of primary amides is 2. The van der Waals surface area contributed by atoms with Crippen LogP contribution >= 0.6 is 23.2 Å². The van der Waals surface area contributed by atoms with E-state index in [-0.39, 0.29) is 54.4 Å². The number of carbonyl (C=O) groups excluding carboxylic acids is 4. The molecule has 0 atom stereocenters. The molecule has 0 unspecified atom stereocenters. The van der Waals surface area contributed by atoms with Crippen molar-refractivity contribution in [2.24, 2.45) is 11.5 Å². The molecule has 0 saturated carbocycles. The summed E-state index contributed by atoms with van der Waals surface area (Å²) in [6, 6.07) is 13.7. The van der Waals surface area contributed by atoms with Gasteiger partial charge in [-0.25, -0.2) is 9.59 Å². The first-order chi connectivity index (χ1) is 26.3. The van der Waals surface area contributed by atoms with Crippen molar-refractivity contribution in [1.29, 1.82) is 10.5 Å². The van der Waals surface area contributed by atoms with Gasteiger partial charge >= 0.3 is 11.9 Å². The molecule has 19 heteroatoms. The molecule has 280 valence electrons. The van der Waals surface area contributed by atoms with E-state index in [2.05, 4.69) is 30.0 Å². The van der Waals surface area contributed by atoms with E-state index in [1.807, 2.05) is 6.07 Å². The van der Waals surface area contributed by atoms with Gasteiger partial charge < -0.3 is 26.0 Å². The standard InChI is InChI=1S/C18H14ClN5O3.C11H9ClN2O2.C7H7N3O2/c1-2-27-18(26)14-9-24(23-15(14)6-20)8-10-3-11-5-12(19)7-22-16(11)13(4-10)17(21)25;12-8-3-7-1-6(5-15)2-9(11(13)16)10(7)14-4-8;1-2-12-7(11)5-4-9-10-6(5)3-8/h3-5,7,9H,2,8H2,1H3,(H2,21,25);1-4,15H,5H2,(H2,13,16);4H,2H2,1H3,(H,9,10). The van der Waals surface area contributed by atoms with Crippen molar-refractivity contribution in [3.63, 3.8) is 0 Å². The van der Waals surface area contributed by atoms with Crippen molar-refractivity contribution in [3.05, 3.63) is 116 Å². The number of H-pyrrole nitrogens is 1. The van der Waals surface area contributed by atoms with Crippen molar-refractivity contribution in [2.75, 3.05) is 13.2 Å². The highest BCUT2D eigenvalue weighted by Crippen LogP contribution is 2.24. The molecule has 6 aromatic rings. The highest BCUT2D eigenvalue weighted by Gasteiger charge is 2.19. The van der Waals surface area contributed by atoms with Crippen molar-refractivity contribution < 1.29 is 33.8 Å². The first-order valence-electron chi connectivity index (χ1n) is 16.0. The number of nitrogens with zero attached hydrogens (tertiary/aromatic N) is 7. The molecular weight excluding hydrogens is 755 g/mol. The van der Waals surface area contributed by atoms with Gasteiger partial charge in [0.1, 0.15) is 29.0 Å². The number of nitriles is 2. The van der Waals surface area contributed by atoms with Crippen molar-refractivity contribution in [1.82, 2.24) is 29.9 Å². The number of nitrogens with two attached hydrogens (primary N) is 2. The Morgan fingerprint density at radius 1 is 0.782 bits per heavy atom. The number of amides is 2. The van der Waals surface area contributed by atoms with Gasteiger partial charge in [0.15, 0.2) is 5.69 Å². The van der Waals surface area contributed by atoms with Gasteiger partial charge in [-0.15, -0.1) is 0 Å². The molecule has 0 bridgehead atoms. The molecule has 0 radical (unpaired) electrons. The Morgan fingerprint density at radius 3 is 1.80 bits per heavy atom. The zero-order chi connectivity index (χ0) is 40.2. The van der Waals surface area contributed by atoms with E-state index in [0.29, 0.717) is 48.5 Å². The predicted molar refractivity (Wildman–Crippen MR) is 198 cm³/mol. The number of esters is 2. The number of hydrogen-bond acceptors (Lipinski definition) is 13. The summed E-state index contributed by atoms with van der Waals surface area (Å²) < 4.78 is 11.0. The summed E-state index contributed by atoms with van der Waals surface area (Å²) in [6.07, 6.45) is 5.60. The topological polar surface area (TPSA) is 279 Å². The van der Waals surface area contributed by atoms with Gasteiger partial charge in [-0.1, -0.05) is 23.2 Å². The molecular formula is C36H30Cl2N10O7. The van der Waals surface area contributed by atoms with E-state index < -0.39 is 23.8 Å². The third kappa shape index (κ3) is 10.2. The van der Waals surface area contributed by atoms with Crippen LogP contribution < -0.4 is 11.5 Å². The average molecular weight is 786 g/mol. The number of nitrogens with one attached hydrogen (secondary N) is 1. The number of fused-ring (bicyclic) bond motifs is 2. The third-order valence-corrected chi connectivity index (χ3v) is 7.70. The lowest BCUT2D eigenvalue weighted by atomic mass is 10.0. The molecule has 0 saturated heterocycles. The molecule has 4 heterocycles. The van der Waals surface area contributed by atoms with E-state index >= 15 is 0 Å². The number of benzene rings is 2. The molecule has 0 aliphatic carbocycles. The lowest BCUT2D eigenvalue weighted by Crippen LogP contribution is -2.13. The maximum absolute atomic E-state index is 11.9. The fourth-order valence-electron chi connectivity index (χ4n) is 4.99. The minimum absolute atomic E-state index is 0.0333. The predicted octanol–water partition coefficient (Wildman–Crippen LogP) is 4.22. The Hall–Kier alpha value is -6.92. The summed E-state index contributed by atoms with van der Waals surface area (Å²) in [5.41, 5.74) is 13.8. The molecule has 0 fully saturated rings. The summed E-state index contributed by atoms with van der Waals surface area (Å²) in [4.78, 5) is 54.2. The number of aromatic amines is 1. The van der Waals surface area contributed by atoms with Crippen LogP contribution in [0.2, 0.25) is 10.0 Å². The van der Waals surface area contributed by atoms with E-state index in [1.54, 1.807) is 50.2 Å². The Labute approximate surface area is 322 Å². The third-order valence-electron chi connectivity index (χ3n) is 7.29. The van der Waals surface area contributed by atoms with E-state index in [1.165, 1.54) is 35.5 Å². The quantitative estimate of drug-likeness (QED) is 0.150. The van der Waals surface area contributed by atoms with Gasteiger partial charge in [-0.05, 0) is 61.4 Å².